The molecule has 130 valence electrons. The molecule has 0 bridgehead atoms. The lowest BCUT2D eigenvalue weighted by molar-refractivity contribution is -0.116. The van der Waals surface area contributed by atoms with Gasteiger partial charge in [0.25, 0.3) is 0 Å². The molecule has 23 heavy (non-hydrogen) atoms. The second kappa shape index (κ2) is 8.32. The summed E-state index contributed by atoms with van der Waals surface area (Å²) in [5, 5.41) is 2.40. The zero-order valence-corrected chi connectivity index (χ0v) is 14.2. The highest BCUT2D eigenvalue weighted by molar-refractivity contribution is 7.88. The number of nitrogens with one attached hydrogen (secondary N) is 1. The highest BCUT2D eigenvalue weighted by atomic mass is 32.2. The van der Waals surface area contributed by atoms with Gasteiger partial charge < -0.3 is 10.2 Å². The minimum atomic E-state index is -3.42. The van der Waals surface area contributed by atoms with Crippen LogP contribution < -0.4 is 5.32 Å². The maximum Gasteiger partial charge on any atom is 0.225 e. The minimum absolute atomic E-state index is 0.0161. The molecule has 0 saturated heterocycles. The summed E-state index contributed by atoms with van der Waals surface area (Å²) in [4.78, 5) is 13.7. The number of carbonyl (C=O) groups is 1. The number of hydrogen-bond donors (Lipinski definition) is 1. The molecule has 0 heterocycles. The van der Waals surface area contributed by atoms with Crippen molar-refractivity contribution in [3.05, 3.63) is 29.8 Å². The number of nitrogens with zero attached hydrogens (tertiary/aromatic N) is 2. The van der Waals surface area contributed by atoms with Crippen LogP contribution in [0.15, 0.2) is 18.2 Å². The molecule has 1 rings (SSSR count). The predicted molar refractivity (Wildman–Crippen MR) is 84.6 cm³/mol. The zero-order valence-electron chi connectivity index (χ0n) is 13.3. The lowest BCUT2D eigenvalue weighted by Gasteiger charge is -2.21. The number of benzene rings is 1. The van der Waals surface area contributed by atoms with Crippen LogP contribution in [0.5, 0.6) is 0 Å². The molecule has 1 aromatic carbocycles. The number of amides is 1. The maximum absolute atomic E-state index is 13.1. The number of hydrogen-bond acceptors (Lipinski definition) is 4. The van der Waals surface area contributed by atoms with Crippen molar-refractivity contribution in [1.29, 1.82) is 0 Å². The lowest BCUT2D eigenvalue weighted by Crippen LogP contribution is -2.37. The molecule has 1 N–H and O–H groups in total. The monoisotopic (exact) mass is 349 g/mol. The Morgan fingerprint density at radius 1 is 1.13 bits per heavy atom. The van der Waals surface area contributed by atoms with Crippen LogP contribution in [0.1, 0.15) is 6.42 Å². The molecule has 0 fully saturated rings. The number of rotatable bonds is 8. The van der Waals surface area contributed by atoms with E-state index in [9.17, 15) is 22.0 Å². The Labute approximate surface area is 135 Å². The summed E-state index contributed by atoms with van der Waals surface area (Å²) in [6, 6.07) is 3.01. The third-order valence-corrected chi connectivity index (χ3v) is 4.36. The van der Waals surface area contributed by atoms with Crippen LogP contribution in [0, 0.1) is 11.6 Å². The van der Waals surface area contributed by atoms with Crippen molar-refractivity contribution < 1.29 is 22.0 Å². The summed E-state index contributed by atoms with van der Waals surface area (Å²) in [5.41, 5.74) is 0.119. The van der Waals surface area contributed by atoms with Gasteiger partial charge in [0.15, 0.2) is 11.6 Å². The Bertz CT molecular complexity index is 651. The molecule has 0 aromatic heterocycles. The summed E-state index contributed by atoms with van der Waals surface area (Å²) in [7, 11) is 0.207. The SMILES string of the molecule is CN(C)CCN(CCC(=O)Nc1ccc(F)c(F)c1)S(C)(=O)=O. The van der Waals surface area contributed by atoms with E-state index in [1.54, 1.807) is 0 Å². The average molecular weight is 349 g/mol. The van der Waals surface area contributed by atoms with Crippen LogP contribution >= 0.6 is 0 Å². The first-order valence-corrected chi connectivity index (χ1v) is 8.79. The summed E-state index contributed by atoms with van der Waals surface area (Å²) in [6.45, 7) is 0.810. The number of sulfonamides is 1. The highest BCUT2D eigenvalue weighted by Crippen LogP contribution is 2.13. The molecule has 0 aliphatic heterocycles. The zero-order chi connectivity index (χ0) is 17.6. The van der Waals surface area contributed by atoms with Gasteiger partial charge in [-0.25, -0.2) is 21.5 Å². The van der Waals surface area contributed by atoms with E-state index in [1.165, 1.54) is 10.4 Å². The van der Waals surface area contributed by atoms with E-state index in [1.807, 2.05) is 19.0 Å². The first-order valence-electron chi connectivity index (χ1n) is 6.94. The molecule has 1 amide bonds. The second-order valence-electron chi connectivity index (χ2n) is 5.39. The van der Waals surface area contributed by atoms with Gasteiger partial charge in [0.05, 0.1) is 6.26 Å². The smallest absolute Gasteiger partial charge is 0.225 e. The van der Waals surface area contributed by atoms with Crippen molar-refractivity contribution in [2.45, 2.75) is 6.42 Å². The van der Waals surface area contributed by atoms with Gasteiger partial charge in [-0.3, -0.25) is 4.79 Å². The predicted octanol–water partition coefficient (Wildman–Crippen LogP) is 1.12. The second-order valence-corrected chi connectivity index (χ2v) is 7.37. The Morgan fingerprint density at radius 2 is 1.78 bits per heavy atom. The van der Waals surface area contributed by atoms with Crippen molar-refractivity contribution in [2.24, 2.45) is 0 Å². The fourth-order valence-electron chi connectivity index (χ4n) is 1.78. The molecule has 0 atom stereocenters. The molecule has 0 radical (unpaired) electrons. The molecule has 0 unspecified atom stereocenters. The molecular weight excluding hydrogens is 328 g/mol. The van der Waals surface area contributed by atoms with Crippen LogP contribution in [0.25, 0.3) is 0 Å². The van der Waals surface area contributed by atoms with Gasteiger partial charge in [0, 0.05) is 37.8 Å². The largest absolute Gasteiger partial charge is 0.326 e. The topological polar surface area (TPSA) is 69.7 Å². The van der Waals surface area contributed by atoms with E-state index in [0.29, 0.717) is 6.54 Å². The first kappa shape index (κ1) is 19.5. The van der Waals surface area contributed by atoms with E-state index in [0.717, 1.165) is 18.4 Å². The summed E-state index contributed by atoms with van der Waals surface area (Å²) in [5.74, 6) is -2.55. The molecule has 9 heteroatoms. The Balaban J connectivity index is 2.59. The van der Waals surface area contributed by atoms with Crippen molar-refractivity contribution in [3.8, 4) is 0 Å². The van der Waals surface area contributed by atoms with Gasteiger partial charge in [-0.1, -0.05) is 0 Å². The molecular formula is C14H21F2N3O3S. The summed E-state index contributed by atoms with van der Waals surface area (Å²) >= 11 is 0. The van der Waals surface area contributed by atoms with E-state index in [2.05, 4.69) is 5.32 Å². The van der Waals surface area contributed by atoms with Crippen LogP contribution in [0.4, 0.5) is 14.5 Å². The molecule has 6 nitrogen and oxygen atoms in total. The Hall–Kier alpha value is -1.58. The van der Waals surface area contributed by atoms with Gasteiger partial charge in [-0.15, -0.1) is 0 Å². The van der Waals surface area contributed by atoms with E-state index < -0.39 is 27.6 Å². The molecule has 0 aliphatic rings. The first-order chi connectivity index (χ1) is 10.6. The molecule has 0 saturated carbocycles. The third-order valence-electron chi connectivity index (χ3n) is 3.06. The van der Waals surface area contributed by atoms with Crippen molar-refractivity contribution in [2.75, 3.05) is 45.3 Å². The maximum atomic E-state index is 13.1. The van der Waals surface area contributed by atoms with Gasteiger partial charge in [0.1, 0.15) is 0 Å². The molecule has 0 spiro atoms. The standard InChI is InChI=1S/C14H21F2N3O3S/c1-18(2)8-9-19(23(3,21)22)7-6-14(20)17-11-4-5-12(15)13(16)10-11/h4-5,10H,6-9H2,1-3H3,(H,17,20). The van der Waals surface area contributed by atoms with Gasteiger partial charge in [0.2, 0.25) is 15.9 Å². The quantitative estimate of drug-likeness (QED) is 0.763. The highest BCUT2D eigenvalue weighted by Gasteiger charge is 2.18. The van der Waals surface area contributed by atoms with Crippen molar-refractivity contribution >= 4 is 21.6 Å². The van der Waals surface area contributed by atoms with E-state index in [-0.39, 0.29) is 25.2 Å². The Morgan fingerprint density at radius 3 is 2.30 bits per heavy atom. The fraction of sp³-hybridized carbons (Fsp3) is 0.500. The van der Waals surface area contributed by atoms with Gasteiger partial charge >= 0.3 is 0 Å². The fourth-order valence-corrected chi connectivity index (χ4v) is 2.61. The van der Waals surface area contributed by atoms with Crippen LogP contribution in [0.2, 0.25) is 0 Å². The van der Waals surface area contributed by atoms with Crippen LogP contribution in [-0.2, 0) is 14.8 Å². The van der Waals surface area contributed by atoms with Crippen molar-refractivity contribution in [3.63, 3.8) is 0 Å². The van der Waals surface area contributed by atoms with Gasteiger partial charge in [-0.2, -0.15) is 0 Å². The normalized spacial score (nSPS) is 12.0. The average Bonchev–Trinajstić information content (AvgIpc) is 2.41. The third kappa shape index (κ3) is 7.02. The lowest BCUT2D eigenvalue weighted by atomic mass is 10.3. The van der Waals surface area contributed by atoms with Crippen molar-refractivity contribution in [1.82, 2.24) is 9.21 Å². The molecule has 1 aromatic rings. The van der Waals surface area contributed by atoms with Crippen LogP contribution in [0.3, 0.4) is 0 Å². The van der Waals surface area contributed by atoms with E-state index in [4.69, 9.17) is 0 Å². The summed E-state index contributed by atoms with van der Waals surface area (Å²) in [6.07, 6.45) is 0.995. The number of likely N-dealkylation sites (N-methyl/N-ethyl adjacent to an activating group) is 1. The van der Waals surface area contributed by atoms with Gasteiger partial charge in [-0.05, 0) is 26.2 Å². The van der Waals surface area contributed by atoms with E-state index >= 15 is 0 Å². The number of halogens is 2. The van der Waals surface area contributed by atoms with Crippen LogP contribution in [-0.4, -0.2) is 63.5 Å². The number of carbonyl (C=O) groups excluding carboxylic acids is 1. The number of anilines is 1. The summed E-state index contributed by atoms with van der Waals surface area (Å²) < 4.78 is 50.4. The minimum Gasteiger partial charge on any atom is -0.326 e. The Kier molecular flexibility index (Phi) is 7.04. The molecule has 0 aliphatic carbocycles.